The van der Waals surface area contributed by atoms with E-state index in [1.807, 2.05) is 12.3 Å². The Balaban J connectivity index is 0.828. The highest BCUT2D eigenvalue weighted by atomic mass is 14.8. The van der Waals surface area contributed by atoms with Gasteiger partial charge in [0.25, 0.3) is 0 Å². The summed E-state index contributed by atoms with van der Waals surface area (Å²) in [5, 5.41) is 16.5. The molecule has 4 heterocycles. The number of fused-ring (bicyclic) bond motifs is 13. The molecule has 0 radical (unpaired) electrons. The standard InChI is InChI=1S/C62H36N4/c1-2-13-46-44(11-1)45-12-3-4-14-47(45)53-36-43(21-27-48(46)53)56-30-25-41-34-39(23-28-54(41)64-56)40-24-29-55-42(35-40)26-32-57(65-55)59-49-15-5-7-17-51(49)60(52-18-8-6-16-50(52)59)58-31-22-38-20-19-37-10-9-33-63-61(37)62(38)66-58/h1-36H. The van der Waals surface area contributed by atoms with Gasteiger partial charge in [0.15, 0.2) is 0 Å². The van der Waals surface area contributed by atoms with E-state index in [2.05, 4.69) is 206 Å². The highest BCUT2D eigenvalue weighted by Gasteiger charge is 2.19. The minimum Gasteiger partial charge on any atom is -0.254 e. The van der Waals surface area contributed by atoms with Crippen molar-refractivity contribution >= 4 is 97.5 Å². The van der Waals surface area contributed by atoms with Crippen LogP contribution in [0.4, 0.5) is 0 Å². The van der Waals surface area contributed by atoms with Crippen molar-refractivity contribution in [1.82, 2.24) is 19.9 Å². The quantitative estimate of drug-likeness (QED) is 0.131. The van der Waals surface area contributed by atoms with Gasteiger partial charge in [0, 0.05) is 44.4 Å². The summed E-state index contributed by atoms with van der Waals surface area (Å²) in [5.41, 5.74) is 12.2. The number of pyridine rings is 4. The average Bonchev–Trinajstić information content (AvgIpc) is 3.39. The van der Waals surface area contributed by atoms with Crippen LogP contribution in [0, 0.1) is 0 Å². The highest BCUT2D eigenvalue weighted by Crippen LogP contribution is 2.44. The van der Waals surface area contributed by atoms with E-state index in [0.29, 0.717) is 0 Å². The van der Waals surface area contributed by atoms with Gasteiger partial charge < -0.3 is 0 Å². The summed E-state index contributed by atoms with van der Waals surface area (Å²) in [5.74, 6) is 0. The zero-order valence-electron chi connectivity index (χ0n) is 35.6. The predicted molar refractivity (Wildman–Crippen MR) is 277 cm³/mol. The Bertz CT molecular complexity index is 4270. The maximum atomic E-state index is 5.36. The summed E-state index contributed by atoms with van der Waals surface area (Å²) in [6.45, 7) is 0. The molecule has 4 heteroatoms. The minimum absolute atomic E-state index is 0.910. The number of nitrogens with zero attached hydrogens (tertiary/aromatic N) is 4. The summed E-state index contributed by atoms with van der Waals surface area (Å²) >= 11 is 0. The van der Waals surface area contributed by atoms with Crippen LogP contribution in [0.5, 0.6) is 0 Å². The largest absolute Gasteiger partial charge is 0.254 e. The molecule has 4 nitrogen and oxygen atoms in total. The maximum absolute atomic E-state index is 5.36. The predicted octanol–water partition coefficient (Wildman–Crippen LogP) is 16.3. The first kappa shape index (κ1) is 36.6. The molecule has 304 valence electrons. The molecule has 0 fully saturated rings. The lowest BCUT2D eigenvalue weighted by Crippen LogP contribution is -1.95. The van der Waals surface area contributed by atoms with Gasteiger partial charge in [-0.25, -0.2) is 15.0 Å². The van der Waals surface area contributed by atoms with Gasteiger partial charge in [-0.15, -0.1) is 0 Å². The van der Waals surface area contributed by atoms with Gasteiger partial charge in [-0.3, -0.25) is 4.98 Å². The molecule has 0 N–H and O–H groups in total. The van der Waals surface area contributed by atoms with Crippen molar-refractivity contribution in [2.75, 3.05) is 0 Å². The monoisotopic (exact) mass is 836 g/mol. The summed E-state index contributed by atoms with van der Waals surface area (Å²) in [6, 6.07) is 76.1. The third kappa shape index (κ3) is 5.65. The molecular formula is C62H36N4. The van der Waals surface area contributed by atoms with Gasteiger partial charge in [0.1, 0.15) is 0 Å². The van der Waals surface area contributed by atoms with Crippen molar-refractivity contribution in [2.24, 2.45) is 0 Å². The SMILES string of the molecule is c1cnc2c(c1)ccc1ccc(-c3c4ccccc4c(-c4ccc5cc(-c6ccc7nc(-c8ccc9c%10ccccc%10c%10ccccc%10c9c8)ccc7c6)ccc5n4)c4ccccc34)nc12. The molecule has 0 saturated carbocycles. The molecule has 14 rings (SSSR count). The van der Waals surface area contributed by atoms with E-state index in [0.717, 1.165) is 110 Å². The van der Waals surface area contributed by atoms with Gasteiger partial charge in [-0.1, -0.05) is 158 Å². The van der Waals surface area contributed by atoms with E-state index < -0.39 is 0 Å². The molecule has 0 saturated heterocycles. The van der Waals surface area contributed by atoms with Crippen LogP contribution in [-0.4, -0.2) is 19.9 Å². The van der Waals surface area contributed by atoms with Crippen LogP contribution in [-0.2, 0) is 0 Å². The average molecular weight is 837 g/mol. The molecule has 10 aromatic carbocycles. The Labute approximate surface area is 379 Å². The molecule has 0 bridgehead atoms. The van der Waals surface area contributed by atoms with E-state index in [-0.39, 0.29) is 0 Å². The van der Waals surface area contributed by atoms with E-state index in [1.165, 1.54) is 32.3 Å². The van der Waals surface area contributed by atoms with Crippen molar-refractivity contribution in [1.29, 1.82) is 0 Å². The summed E-state index contributed by atoms with van der Waals surface area (Å²) in [7, 11) is 0. The number of aromatic nitrogens is 4. The fraction of sp³-hybridized carbons (Fsp3) is 0. The lowest BCUT2D eigenvalue weighted by atomic mass is 9.88. The summed E-state index contributed by atoms with van der Waals surface area (Å²) in [6.07, 6.45) is 1.85. The second-order valence-corrected chi connectivity index (χ2v) is 17.3. The molecule has 14 aromatic rings. The Kier molecular flexibility index (Phi) is 7.95. The normalized spacial score (nSPS) is 11.9. The van der Waals surface area contributed by atoms with Crippen molar-refractivity contribution in [2.45, 2.75) is 0 Å². The molecule has 0 aliphatic carbocycles. The fourth-order valence-electron chi connectivity index (χ4n) is 10.5. The second kappa shape index (κ2) is 14.3. The van der Waals surface area contributed by atoms with Crippen LogP contribution < -0.4 is 0 Å². The van der Waals surface area contributed by atoms with Gasteiger partial charge in [0.05, 0.1) is 39.1 Å². The maximum Gasteiger partial charge on any atom is 0.0972 e. The van der Waals surface area contributed by atoms with Crippen molar-refractivity contribution in [3.63, 3.8) is 0 Å². The van der Waals surface area contributed by atoms with Gasteiger partial charge >= 0.3 is 0 Å². The van der Waals surface area contributed by atoms with Crippen LogP contribution in [0.1, 0.15) is 0 Å². The van der Waals surface area contributed by atoms with Crippen molar-refractivity contribution in [3.8, 4) is 44.9 Å². The summed E-state index contributed by atoms with van der Waals surface area (Å²) in [4.78, 5) is 20.6. The molecule has 0 unspecified atom stereocenters. The molecule has 4 aromatic heterocycles. The number of hydrogen-bond donors (Lipinski definition) is 0. The van der Waals surface area contributed by atoms with E-state index in [9.17, 15) is 0 Å². The Hall–Kier alpha value is -8.86. The highest BCUT2D eigenvalue weighted by molar-refractivity contribution is 6.26. The Morgan fingerprint density at radius 1 is 0.242 bits per heavy atom. The van der Waals surface area contributed by atoms with Gasteiger partial charge in [0.2, 0.25) is 0 Å². The zero-order chi connectivity index (χ0) is 43.3. The van der Waals surface area contributed by atoms with E-state index in [1.54, 1.807) is 0 Å². The second-order valence-electron chi connectivity index (χ2n) is 17.3. The van der Waals surface area contributed by atoms with Crippen molar-refractivity contribution < 1.29 is 0 Å². The van der Waals surface area contributed by atoms with Gasteiger partial charge in [-0.05, 0) is 120 Å². The lowest BCUT2D eigenvalue weighted by molar-refractivity contribution is 1.38. The van der Waals surface area contributed by atoms with Gasteiger partial charge in [-0.2, -0.15) is 0 Å². The first-order valence-corrected chi connectivity index (χ1v) is 22.4. The zero-order valence-corrected chi connectivity index (χ0v) is 35.6. The smallest absolute Gasteiger partial charge is 0.0972 e. The number of benzene rings is 10. The molecular weight excluding hydrogens is 801 g/mol. The van der Waals surface area contributed by atoms with Crippen LogP contribution in [0.2, 0.25) is 0 Å². The van der Waals surface area contributed by atoms with Crippen LogP contribution in [0.25, 0.3) is 142 Å². The summed E-state index contributed by atoms with van der Waals surface area (Å²) < 4.78 is 0. The molecule has 0 aliphatic heterocycles. The van der Waals surface area contributed by atoms with Crippen LogP contribution in [0.15, 0.2) is 219 Å². The van der Waals surface area contributed by atoms with Crippen LogP contribution in [0.3, 0.4) is 0 Å². The lowest BCUT2D eigenvalue weighted by Gasteiger charge is -2.17. The minimum atomic E-state index is 0.910. The van der Waals surface area contributed by atoms with E-state index in [4.69, 9.17) is 19.9 Å². The first-order valence-electron chi connectivity index (χ1n) is 22.4. The third-order valence-corrected chi connectivity index (χ3v) is 13.6. The molecule has 66 heavy (non-hydrogen) atoms. The topological polar surface area (TPSA) is 51.6 Å². The molecule has 0 aliphatic rings. The Morgan fingerprint density at radius 2 is 0.667 bits per heavy atom. The first-order chi connectivity index (χ1) is 32.7. The fourth-order valence-corrected chi connectivity index (χ4v) is 10.5. The van der Waals surface area contributed by atoms with E-state index >= 15 is 0 Å². The number of hydrogen-bond acceptors (Lipinski definition) is 4. The molecule has 0 amide bonds. The molecule has 0 atom stereocenters. The molecule has 0 spiro atoms. The van der Waals surface area contributed by atoms with Crippen molar-refractivity contribution in [3.05, 3.63) is 219 Å². The Morgan fingerprint density at radius 3 is 1.24 bits per heavy atom. The number of rotatable bonds is 4. The van der Waals surface area contributed by atoms with Crippen LogP contribution >= 0.6 is 0 Å². The third-order valence-electron chi connectivity index (χ3n) is 13.6.